The van der Waals surface area contributed by atoms with Crippen molar-refractivity contribution in [3.63, 3.8) is 0 Å². The number of halogens is 4. The summed E-state index contributed by atoms with van der Waals surface area (Å²) in [5.74, 6) is 0.694. The fourth-order valence-corrected chi connectivity index (χ4v) is 4.33. The van der Waals surface area contributed by atoms with E-state index in [2.05, 4.69) is 15.5 Å². The number of thioether (sulfide) groups is 1. The zero-order valence-electron chi connectivity index (χ0n) is 18.9. The number of ether oxygens (including phenoxy) is 1. The summed E-state index contributed by atoms with van der Waals surface area (Å²) in [6.07, 6.45) is -4.05. The standard InChI is InChI=1S/C25H20ClF3N4O2S/c1-35-19-10-8-18(9-11-19)33-22(13-16-5-3-2-4-6-16)31-32-24(33)36-15-23(34)30-21-14-17(25(27,28)29)7-12-20(21)26/h2-12,14H,13,15H2,1H3,(H,30,34). The minimum Gasteiger partial charge on any atom is -0.497 e. The van der Waals surface area contributed by atoms with Crippen molar-refractivity contribution >= 4 is 35.0 Å². The number of nitrogens with zero attached hydrogens (tertiary/aromatic N) is 3. The first kappa shape index (κ1) is 25.6. The van der Waals surface area contributed by atoms with Gasteiger partial charge < -0.3 is 10.1 Å². The molecule has 1 N–H and O–H groups in total. The quantitative estimate of drug-likeness (QED) is 0.271. The predicted octanol–water partition coefficient (Wildman–Crippen LogP) is 6.27. The van der Waals surface area contributed by atoms with Crippen LogP contribution in [0.5, 0.6) is 5.75 Å². The van der Waals surface area contributed by atoms with Gasteiger partial charge >= 0.3 is 6.18 Å². The van der Waals surface area contributed by atoms with Crippen LogP contribution in [0.2, 0.25) is 5.02 Å². The van der Waals surface area contributed by atoms with Crippen molar-refractivity contribution in [3.8, 4) is 11.4 Å². The number of aromatic nitrogens is 3. The predicted molar refractivity (Wildman–Crippen MR) is 133 cm³/mol. The number of hydrogen-bond acceptors (Lipinski definition) is 5. The van der Waals surface area contributed by atoms with Crippen LogP contribution in [0, 0.1) is 0 Å². The number of anilines is 1. The summed E-state index contributed by atoms with van der Waals surface area (Å²) in [4.78, 5) is 12.6. The van der Waals surface area contributed by atoms with Crippen LogP contribution in [0.15, 0.2) is 78.0 Å². The van der Waals surface area contributed by atoms with E-state index >= 15 is 0 Å². The van der Waals surface area contributed by atoms with Gasteiger partial charge in [-0.05, 0) is 48.0 Å². The van der Waals surface area contributed by atoms with Gasteiger partial charge in [-0.1, -0.05) is 53.7 Å². The lowest BCUT2D eigenvalue weighted by molar-refractivity contribution is -0.137. The second-order valence-electron chi connectivity index (χ2n) is 7.62. The number of methoxy groups -OCH3 is 1. The summed E-state index contributed by atoms with van der Waals surface area (Å²) in [5, 5.41) is 11.5. The third-order valence-corrected chi connectivity index (χ3v) is 6.39. The smallest absolute Gasteiger partial charge is 0.416 e. The van der Waals surface area contributed by atoms with Gasteiger partial charge in [0, 0.05) is 12.1 Å². The highest BCUT2D eigenvalue weighted by Crippen LogP contribution is 2.34. The Morgan fingerprint density at radius 1 is 1.06 bits per heavy atom. The molecule has 186 valence electrons. The van der Waals surface area contributed by atoms with Crippen molar-refractivity contribution in [1.82, 2.24) is 14.8 Å². The number of amides is 1. The average molecular weight is 533 g/mol. The van der Waals surface area contributed by atoms with E-state index in [9.17, 15) is 18.0 Å². The second kappa shape index (κ2) is 11.0. The Hall–Kier alpha value is -3.50. The van der Waals surface area contributed by atoms with Gasteiger partial charge in [-0.15, -0.1) is 10.2 Å². The van der Waals surface area contributed by atoms with Crippen LogP contribution in [-0.4, -0.2) is 33.5 Å². The highest BCUT2D eigenvalue weighted by Gasteiger charge is 2.31. The largest absolute Gasteiger partial charge is 0.497 e. The first-order valence-corrected chi connectivity index (χ1v) is 12.0. The normalized spacial score (nSPS) is 11.4. The highest BCUT2D eigenvalue weighted by molar-refractivity contribution is 7.99. The van der Waals surface area contributed by atoms with Gasteiger partial charge in [0.05, 0.1) is 29.1 Å². The van der Waals surface area contributed by atoms with Crippen molar-refractivity contribution in [1.29, 1.82) is 0 Å². The minimum absolute atomic E-state index is 0.00731. The molecular formula is C25H20ClF3N4O2S. The fraction of sp³-hybridized carbons (Fsp3) is 0.160. The van der Waals surface area contributed by atoms with Gasteiger partial charge in [-0.2, -0.15) is 13.2 Å². The summed E-state index contributed by atoms with van der Waals surface area (Å²) in [7, 11) is 1.57. The van der Waals surface area contributed by atoms with Gasteiger partial charge in [-0.3, -0.25) is 9.36 Å². The molecule has 0 spiro atoms. The molecule has 4 rings (SSSR count). The Kier molecular flexibility index (Phi) is 7.85. The lowest BCUT2D eigenvalue weighted by Crippen LogP contribution is -2.16. The van der Waals surface area contributed by atoms with E-state index in [0.29, 0.717) is 23.2 Å². The molecule has 3 aromatic carbocycles. The van der Waals surface area contributed by atoms with Crippen molar-refractivity contribution in [2.24, 2.45) is 0 Å². The molecule has 0 aliphatic carbocycles. The molecule has 11 heteroatoms. The van der Waals surface area contributed by atoms with E-state index < -0.39 is 17.6 Å². The van der Waals surface area contributed by atoms with Gasteiger partial charge in [0.2, 0.25) is 5.91 Å². The molecule has 1 aromatic heterocycles. The van der Waals surface area contributed by atoms with E-state index in [0.717, 1.165) is 41.2 Å². The maximum absolute atomic E-state index is 13.0. The van der Waals surface area contributed by atoms with E-state index in [1.54, 1.807) is 19.2 Å². The molecule has 1 amide bonds. The summed E-state index contributed by atoms with van der Waals surface area (Å²) >= 11 is 7.10. The van der Waals surface area contributed by atoms with Crippen LogP contribution < -0.4 is 10.1 Å². The van der Waals surface area contributed by atoms with Crippen molar-refractivity contribution < 1.29 is 22.7 Å². The zero-order valence-corrected chi connectivity index (χ0v) is 20.5. The molecule has 0 saturated heterocycles. The summed E-state index contributed by atoms with van der Waals surface area (Å²) in [6.45, 7) is 0. The number of benzene rings is 3. The average Bonchev–Trinajstić information content (AvgIpc) is 3.26. The van der Waals surface area contributed by atoms with Crippen LogP contribution in [0.3, 0.4) is 0 Å². The first-order chi connectivity index (χ1) is 17.2. The number of nitrogens with one attached hydrogen (secondary N) is 1. The molecule has 1 heterocycles. The molecule has 36 heavy (non-hydrogen) atoms. The number of rotatable bonds is 8. The molecule has 6 nitrogen and oxygen atoms in total. The Labute approximate surface area is 214 Å². The molecule has 0 aliphatic heterocycles. The lowest BCUT2D eigenvalue weighted by atomic mass is 10.1. The molecular weight excluding hydrogens is 513 g/mol. The molecule has 0 fully saturated rings. The zero-order chi connectivity index (χ0) is 25.7. The molecule has 0 atom stereocenters. The molecule has 0 radical (unpaired) electrons. The number of carbonyl (C=O) groups excluding carboxylic acids is 1. The number of alkyl halides is 3. The van der Waals surface area contributed by atoms with Crippen LogP contribution >= 0.6 is 23.4 Å². The van der Waals surface area contributed by atoms with Gasteiger partial charge in [0.1, 0.15) is 11.6 Å². The van der Waals surface area contributed by atoms with E-state index in [4.69, 9.17) is 16.3 Å². The molecule has 0 saturated carbocycles. The highest BCUT2D eigenvalue weighted by atomic mass is 35.5. The van der Waals surface area contributed by atoms with Crippen molar-refractivity contribution in [3.05, 3.63) is 94.8 Å². The monoisotopic (exact) mass is 532 g/mol. The summed E-state index contributed by atoms with van der Waals surface area (Å²) in [5.41, 5.74) is 0.793. The Morgan fingerprint density at radius 2 is 1.78 bits per heavy atom. The van der Waals surface area contributed by atoms with Crippen LogP contribution in [0.25, 0.3) is 5.69 Å². The van der Waals surface area contributed by atoms with Gasteiger partial charge in [0.25, 0.3) is 0 Å². The molecule has 0 bridgehead atoms. The number of hydrogen-bond donors (Lipinski definition) is 1. The van der Waals surface area contributed by atoms with E-state index in [1.807, 2.05) is 47.0 Å². The van der Waals surface area contributed by atoms with Gasteiger partial charge in [-0.25, -0.2) is 0 Å². The SMILES string of the molecule is COc1ccc(-n2c(Cc3ccccc3)nnc2SCC(=O)Nc2cc(C(F)(F)F)ccc2Cl)cc1. The third kappa shape index (κ3) is 6.19. The molecule has 0 unspecified atom stereocenters. The van der Waals surface area contributed by atoms with E-state index in [-0.39, 0.29) is 16.5 Å². The lowest BCUT2D eigenvalue weighted by Gasteiger charge is -2.12. The Balaban J connectivity index is 1.55. The third-order valence-electron chi connectivity index (χ3n) is 5.14. The maximum Gasteiger partial charge on any atom is 0.416 e. The van der Waals surface area contributed by atoms with Crippen molar-refractivity contribution in [2.75, 3.05) is 18.2 Å². The van der Waals surface area contributed by atoms with E-state index in [1.165, 1.54) is 0 Å². The fourth-order valence-electron chi connectivity index (χ4n) is 3.39. The van der Waals surface area contributed by atoms with Crippen LogP contribution in [-0.2, 0) is 17.4 Å². The molecule has 4 aromatic rings. The first-order valence-electron chi connectivity index (χ1n) is 10.7. The van der Waals surface area contributed by atoms with Gasteiger partial charge in [0.15, 0.2) is 5.16 Å². The van der Waals surface area contributed by atoms with Crippen LogP contribution in [0.1, 0.15) is 17.0 Å². The maximum atomic E-state index is 13.0. The minimum atomic E-state index is -4.55. The van der Waals surface area contributed by atoms with Crippen molar-refractivity contribution in [2.45, 2.75) is 17.8 Å². The second-order valence-corrected chi connectivity index (χ2v) is 8.97. The summed E-state index contributed by atoms with van der Waals surface area (Å²) in [6, 6.07) is 19.8. The van der Waals surface area contributed by atoms with Crippen LogP contribution in [0.4, 0.5) is 18.9 Å². The Bertz CT molecular complexity index is 1350. The Morgan fingerprint density at radius 3 is 2.44 bits per heavy atom. The number of carbonyl (C=O) groups is 1. The topological polar surface area (TPSA) is 69.0 Å². The molecule has 0 aliphatic rings. The summed E-state index contributed by atoms with van der Waals surface area (Å²) < 4.78 is 46.2.